The zero-order valence-electron chi connectivity index (χ0n) is 12.7. The predicted octanol–water partition coefficient (Wildman–Crippen LogP) is 4.31. The van der Waals surface area contributed by atoms with E-state index in [1.165, 1.54) is 0 Å². The van der Waals surface area contributed by atoms with Gasteiger partial charge in [-0.3, -0.25) is 0 Å². The number of benzene rings is 1. The third kappa shape index (κ3) is 3.39. The predicted molar refractivity (Wildman–Crippen MR) is 99.3 cm³/mol. The van der Waals surface area contributed by atoms with E-state index in [0.717, 1.165) is 40.0 Å². The molecular formula is C16H16BrClN4OS. The minimum atomic E-state index is -0.384. The Morgan fingerprint density at radius 3 is 2.83 bits per heavy atom. The molecule has 0 saturated heterocycles. The van der Waals surface area contributed by atoms with Crippen molar-refractivity contribution < 1.29 is 4.52 Å². The first kappa shape index (κ1) is 17.5. The lowest BCUT2D eigenvalue weighted by atomic mass is 9.77. The average molecular weight is 428 g/mol. The number of rotatable bonds is 4. The summed E-state index contributed by atoms with van der Waals surface area (Å²) in [5.41, 5.74) is 7.86. The maximum atomic E-state index is 6.22. The number of nitrogens with two attached hydrogens (primary N) is 1. The number of nitrogens with zero attached hydrogens (tertiary/aromatic N) is 3. The second kappa shape index (κ2) is 6.92. The highest BCUT2D eigenvalue weighted by Crippen LogP contribution is 2.37. The van der Waals surface area contributed by atoms with Gasteiger partial charge in [-0.25, -0.2) is 4.98 Å². The highest BCUT2D eigenvalue weighted by molar-refractivity contribution is 9.10. The standard InChI is InChI=1S/C16H15BrN4OS.ClH/c17-11-4-1-3-10(7-11)14-19-12(9-23-14)8-13-20-15(21-22-13)16(18)5-2-6-16;/h1,3-4,7,9H,2,5-6,8,18H2;1H. The summed E-state index contributed by atoms with van der Waals surface area (Å²) in [6, 6.07) is 8.11. The highest BCUT2D eigenvalue weighted by Gasteiger charge is 2.38. The first-order chi connectivity index (χ1) is 11.1. The van der Waals surface area contributed by atoms with Gasteiger partial charge in [-0.1, -0.05) is 33.2 Å². The number of thiazole rings is 1. The first-order valence-corrected chi connectivity index (χ1v) is 9.12. The van der Waals surface area contributed by atoms with E-state index in [9.17, 15) is 0 Å². The monoisotopic (exact) mass is 426 g/mol. The van der Waals surface area contributed by atoms with Crippen molar-refractivity contribution in [1.29, 1.82) is 0 Å². The van der Waals surface area contributed by atoms with Crippen LogP contribution in [0.3, 0.4) is 0 Å². The van der Waals surface area contributed by atoms with E-state index in [1.54, 1.807) is 11.3 Å². The number of hydrogen-bond acceptors (Lipinski definition) is 6. The van der Waals surface area contributed by atoms with Gasteiger partial charge < -0.3 is 10.3 Å². The van der Waals surface area contributed by atoms with E-state index >= 15 is 0 Å². The van der Waals surface area contributed by atoms with Gasteiger partial charge in [-0.15, -0.1) is 23.7 Å². The molecule has 24 heavy (non-hydrogen) atoms. The maximum Gasteiger partial charge on any atom is 0.232 e. The molecule has 0 radical (unpaired) electrons. The molecule has 1 aromatic carbocycles. The van der Waals surface area contributed by atoms with Crippen molar-refractivity contribution >= 4 is 39.7 Å². The minimum absolute atomic E-state index is 0. The van der Waals surface area contributed by atoms with Crippen LogP contribution < -0.4 is 5.73 Å². The van der Waals surface area contributed by atoms with Gasteiger partial charge in [0.2, 0.25) is 5.89 Å². The van der Waals surface area contributed by atoms with Crippen molar-refractivity contribution in [3.63, 3.8) is 0 Å². The smallest absolute Gasteiger partial charge is 0.232 e. The van der Waals surface area contributed by atoms with Crippen molar-refractivity contribution in [3.05, 3.63) is 51.5 Å². The zero-order valence-corrected chi connectivity index (χ0v) is 16.0. The van der Waals surface area contributed by atoms with Gasteiger partial charge in [-0.05, 0) is 31.4 Å². The molecule has 2 heterocycles. The summed E-state index contributed by atoms with van der Waals surface area (Å²) in [5.74, 6) is 1.20. The molecule has 0 atom stereocenters. The number of hydrogen-bond donors (Lipinski definition) is 1. The molecule has 126 valence electrons. The summed E-state index contributed by atoms with van der Waals surface area (Å²) >= 11 is 5.10. The molecule has 0 unspecified atom stereocenters. The second-order valence-corrected chi connectivity index (χ2v) is 7.63. The molecule has 2 aromatic heterocycles. The van der Waals surface area contributed by atoms with E-state index in [4.69, 9.17) is 10.3 Å². The van der Waals surface area contributed by atoms with E-state index < -0.39 is 0 Å². The molecular weight excluding hydrogens is 412 g/mol. The largest absolute Gasteiger partial charge is 0.339 e. The lowest BCUT2D eigenvalue weighted by Crippen LogP contribution is -2.44. The zero-order chi connectivity index (χ0) is 15.9. The molecule has 0 aliphatic heterocycles. The van der Waals surface area contributed by atoms with Gasteiger partial charge in [0.1, 0.15) is 5.01 Å². The molecule has 1 fully saturated rings. The molecule has 0 amide bonds. The van der Waals surface area contributed by atoms with Gasteiger partial charge in [0, 0.05) is 15.4 Å². The number of halogens is 2. The van der Waals surface area contributed by atoms with Crippen LogP contribution in [-0.4, -0.2) is 15.1 Å². The average Bonchev–Trinajstić information content (AvgIpc) is 3.15. The Kier molecular flexibility index (Phi) is 5.05. The van der Waals surface area contributed by atoms with Crippen LogP contribution in [0, 0.1) is 0 Å². The van der Waals surface area contributed by atoms with Crippen LogP contribution in [0.2, 0.25) is 0 Å². The Bertz CT molecular complexity index is 846. The Morgan fingerprint density at radius 1 is 1.29 bits per heavy atom. The fraction of sp³-hybridized carbons (Fsp3) is 0.312. The molecule has 1 aliphatic rings. The maximum absolute atomic E-state index is 6.22. The van der Waals surface area contributed by atoms with Gasteiger partial charge in [0.15, 0.2) is 5.82 Å². The fourth-order valence-corrected chi connectivity index (χ4v) is 3.82. The van der Waals surface area contributed by atoms with Crippen LogP contribution in [0.5, 0.6) is 0 Å². The highest BCUT2D eigenvalue weighted by atomic mass is 79.9. The van der Waals surface area contributed by atoms with Crippen LogP contribution in [0.1, 0.15) is 36.7 Å². The van der Waals surface area contributed by atoms with E-state index in [1.807, 2.05) is 23.6 Å². The fourth-order valence-electron chi connectivity index (χ4n) is 2.61. The molecule has 8 heteroatoms. The van der Waals surface area contributed by atoms with Gasteiger partial charge in [0.05, 0.1) is 17.7 Å². The molecule has 0 bridgehead atoms. The SMILES string of the molecule is Cl.NC1(c2noc(Cc3csc(-c4cccc(Br)c4)n3)n2)CCC1. The molecule has 4 rings (SSSR count). The van der Waals surface area contributed by atoms with Crippen molar-refractivity contribution in [3.8, 4) is 10.6 Å². The van der Waals surface area contributed by atoms with Crippen LogP contribution in [0.15, 0.2) is 38.6 Å². The third-order valence-electron chi connectivity index (χ3n) is 4.11. The molecule has 3 aromatic rings. The van der Waals surface area contributed by atoms with Crippen molar-refractivity contribution in [2.24, 2.45) is 5.73 Å². The Balaban J connectivity index is 0.00000169. The summed E-state index contributed by atoms with van der Waals surface area (Å²) < 4.78 is 6.38. The first-order valence-electron chi connectivity index (χ1n) is 7.45. The molecule has 5 nitrogen and oxygen atoms in total. The van der Waals surface area contributed by atoms with Crippen LogP contribution >= 0.6 is 39.7 Å². The van der Waals surface area contributed by atoms with Crippen molar-refractivity contribution in [2.45, 2.75) is 31.2 Å². The molecule has 1 aliphatic carbocycles. The van der Waals surface area contributed by atoms with Crippen molar-refractivity contribution in [2.75, 3.05) is 0 Å². The summed E-state index contributed by atoms with van der Waals surface area (Å²) in [4.78, 5) is 9.11. The minimum Gasteiger partial charge on any atom is -0.339 e. The second-order valence-electron chi connectivity index (χ2n) is 5.85. The van der Waals surface area contributed by atoms with E-state index in [2.05, 4.69) is 37.1 Å². The van der Waals surface area contributed by atoms with Crippen molar-refractivity contribution in [1.82, 2.24) is 15.1 Å². The third-order valence-corrected chi connectivity index (χ3v) is 5.55. The summed E-state index contributed by atoms with van der Waals surface area (Å²) in [6.07, 6.45) is 3.52. The topological polar surface area (TPSA) is 77.8 Å². The van der Waals surface area contributed by atoms with Gasteiger partial charge in [0.25, 0.3) is 0 Å². The Morgan fingerprint density at radius 2 is 2.12 bits per heavy atom. The molecule has 1 saturated carbocycles. The van der Waals surface area contributed by atoms with Crippen LogP contribution in [0.4, 0.5) is 0 Å². The summed E-state index contributed by atoms with van der Waals surface area (Å²) in [7, 11) is 0. The van der Waals surface area contributed by atoms with Gasteiger partial charge >= 0.3 is 0 Å². The van der Waals surface area contributed by atoms with Crippen LogP contribution in [-0.2, 0) is 12.0 Å². The lowest BCUT2D eigenvalue weighted by molar-refractivity contribution is 0.229. The van der Waals surface area contributed by atoms with Gasteiger partial charge in [-0.2, -0.15) is 4.98 Å². The molecule has 2 N–H and O–H groups in total. The van der Waals surface area contributed by atoms with Crippen LogP contribution in [0.25, 0.3) is 10.6 Å². The summed E-state index contributed by atoms with van der Waals surface area (Å²) in [6.45, 7) is 0. The summed E-state index contributed by atoms with van der Waals surface area (Å²) in [5, 5.41) is 7.05. The Labute approximate surface area is 158 Å². The quantitative estimate of drug-likeness (QED) is 0.671. The Hall–Kier alpha value is -1.28. The van der Waals surface area contributed by atoms with E-state index in [-0.39, 0.29) is 17.9 Å². The molecule has 0 spiro atoms. The number of aromatic nitrogens is 3. The lowest BCUT2D eigenvalue weighted by Gasteiger charge is -2.34. The van der Waals surface area contributed by atoms with E-state index in [0.29, 0.717) is 18.1 Å². The normalized spacial score (nSPS) is 15.6.